The van der Waals surface area contributed by atoms with E-state index in [9.17, 15) is 0 Å². The molecule has 0 aliphatic heterocycles. The third-order valence-electron chi connectivity index (χ3n) is 4.06. The van der Waals surface area contributed by atoms with Gasteiger partial charge in [0.2, 0.25) is 0 Å². The highest BCUT2D eigenvalue weighted by Gasteiger charge is 2.10. The van der Waals surface area contributed by atoms with E-state index in [-0.39, 0.29) is 0 Å². The maximum absolute atomic E-state index is 3.54. The average molecular weight is 352 g/mol. The monoisotopic (exact) mass is 351 g/mol. The molecule has 3 aromatic carbocycles. The molecule has 0 amide bonds. The van der Waals surface area contributed by atoms with E-state index in [4.69, 9.17) is 0 Å². The lowest BCUT2D eigenvalue weighted by Crippen LogP contribution is -1.69. The molecule has 0 aliphatic rings. The standard InChI is InChI=1S/C18H10BrNS/c19-10-5-6-11-13-8-14-12-3-1-2-4-17(12)21-18(14)9-16(13)20-15(11)7-10/h1-9,20H. The van der Waals surface area contributed by atoms with Gasteiger partial charge in [-0.05, 0) is 30.3 Å². The van der Waals surface area contributed by atoms with Gasteiger partial charge in [0.05, 0.1) is 0 Å². The number of fused-ring (bicyclic) bond motifs is 6. The molecule has 21 heavy (non-hydrogen) atoms. The number of aromatic amines is 1. The Morgan fingerprint density at radius 1 is 0.714 bits per heavy atom. The van der Waals surface area contributed by atoms with Crippen LogP contribution in [0.4, 0.5) is 0 Å². The quantitative estimate of drug-likeness (QED) is 0.330. The second kappa shape index (κ2) is 4.09. The van der Waals surface area contributed by atoms with Crippen molar-refractivity contribution in [2.75, 3.05) is 0 Å². The van der Waals surface area contributed by atoms with Gasteiger partial charge in [-0.3, -0.25) is 0 Å². The zero-order valence-electron chi connectivity index (χ0n) is 11.0. The summed E-state index contributed by atoms with van der Waals surface area (Å²) < 4.78 is 3.80. The molecule has 5 rings (SSSR count). The lowest BCUT2D eigenvalue weighted by molar-refractivity contribution is 1.55. The number of hydrogen-bond donors (Lipinski definition) is 1. The summed E-state index contributed by atoms with van der Waals surface area (Å²) in [5, 5.41) is 5.29. The molecule has 5 aromatic rings. The van der Waals surface area contributed by atoms with Gasteiger partial charge in [0, 0.05) is 46.5 Å². The number of thiophene rings is 1. The number of benzene rings is 3. The van der Waals surface area contributed by atoms with Crippen molar-refractivity contribution in [2.45, 2.75) is 0 Å². The number of halogens is 1. The fraction of sp³-hybridized carbons (Fsp3) is 0. The first-order valence-electron chi connectivity index (χ1n) is 6.82. The fourth-order valence-corrected chi connectivity index (χ4v) is 4.59. The summed E-state index contributed by atoms with van der Waals surface area (Å²) in [6.07, 6.45) is 0. The molecule has 0 atom stereocenters. The molecule has 0 spiro atoms. The minimum Gasteiger partial charge on any atom is -0.354 e. The van der Waals surface area contributed by atoms with Crippen LogP contribution in [-0.4, -0.2) is 4.98 Å². The summed E-state index contributed by atoms with van der Waals surface area (Å²) in [5.74, 6) is 0. The van der Waals surface area contributed by atoms with Crippen LogP contribution in [0.2, 0.25) is 0 Å². The van der Waals surface area contributed by atoms with Crippen molar-refractivity contribution < 1.29 is 0 Å². The molecular weight excluding hydrogens is 342 g/mol. The Hall–Kier alpha value is -1.84. The van der Waals surface area contributed by atoms with Crippen molar-refractivity contribution in [3.8, 4) is 0 Å². The van der Waals surface area contributed by atoms with Gasteiger partial charge in [0.15, 0.2) is 0 Å². The smallest absolute Gasteiger partial charge is 0.0479 e. The van der Waals surface area contributed by atoms with Gasteiger partial charge in [0.25, 0.3) is 0 Å². The summed E-state index contributed by atoms with van der Waals surface area (Å²) in [7, 11) is 0. The van der Waals surface area contributed by atoms with Crippen LogP contribution in [0.5, 0.6) is 0 Å². The Kier molecular flexibility index (Phi) is 2.29. The Balaban J connectivity index is 2.01. The average Bonchev–Trinajstić information content (AvgIpc) is 3.01. The van der Waals surface area contributed by atoms with E-state index < -0.39 is 0 Å². The maximum Gasteiger partial charge on any atom is 0.0479 e. The fourth-order valence-electron chi connectivity index (χ4n) is 3.10. The van der Waals surface area contributed by atoms with Crippen molar-refractivity contribution in [3.05, 3.63) is 59.1 Å². The highest BCUT2D eigenvalue weighted by molar-refractivity contribution is 9.10. The first kappa shape index (κ1) is 11.8. The minimum atomic E-state index is 1.11. The summed E-state index contributed by atoms with van der Waals surface area (Å²) in [6.45, 7) is 0. The Labute approximate surface area is 133 Å². The van der Waals surface area contributed by atoms with Gasteiger partial charge >= 0.3 is 0 Å². The number of nitrogens with one attached hydrogen (secondary N) is 1. The Bertz CT molecular complexity index is 1150. The molecule has 0 saturated heterocycles. The van der Waals surface area contributed by atoms with Crippen molar-refractivity contribution in [2.24, 2.45) is 0 Å². The number of H-pyrrole nitrogens is 1. The van der Waals surface area contributed by atoms with Crippen LogP contribution in [-0.2, 0) is 0 Å². The predicted molar refractivity (Wildman–Crippen MR) is 96.4 cm³/mol. The van der Waals surface area contributed by atoms with Crippen molar-refractivity contribution in [1.82, 2.24) is 4.98 Å². The maximum atomic E-state index is 3.54. The molecule has 0 bridgehead atoms. The molecule has 3 heteroatoms. The van der Waals surface area contributed by atoms with E-state index in [0.717, 1.165) is 4.47 Å². The van der Waals surface area contributed by atoms with E-state index in [2.05, 4.69) is 75.5 Å². The topological polar surface area (TPSA) is 15.8 Å². The molecule has 0 aliphatic carbocycles. The van der Waals surface area contributed by atoms with Gasteiger partial charge in [0.1, 0.15) is 0 Å². The zero-order valence-corrected chi connectivity index (χ0v) is 13.4. The summed E-state index contributed by atoms with van der Waals surface area (Å²) in [6, 6.07) is 19.7. The highest BCUT2D eigenvalue weighted by Crippen LogP contribution is 2.38. The normalized spacial score (nSPS) is 12.0. The summed E-state index contributed by atoms with van der Waals surface area (Å²) >= 11 is 5.40. The van der Waals surface area contributed by atoms with E-state index >= 15 is 0 Å². The van der Waals surface area contributed by atoms with E-state index in [1.165, 1.54) is 42.0 Å². The van der Waals surface area contributed by atoms with Crippen LogP contribution < -0.4 is 0 Å². The minimum absolute atomic E-state index is 1.11. The van der Waals surface area contributed by atoms with Crippen LogP contribution in [0.15, 0.2) is 59.1 Å². The van der Waals surface area contributed by atoms with Crippen LogP contribution in [0, 0.1) is 0 Å². The molecular formula is C18H10BrNS. The first-order valence-corrected chi connectivity index (χ1v) is 8.43. The SMILES string of the molecule is Brc1ccc2c(c1)[nH]c1cc3sc4ccccc4c3cc12. The van der Waals surface area contributed by atoms with Crippen LogP contribution >= 0.6 is 27.3 Å². The van der Waals surface area contributed by atoms with Gasteiger partial charge in [-0.15, -0.1) is 11.3 Å². The molecule has 0 fully saturated rings. The number of hydrogen-bond acceptors (Lipinski definition) is 1. The molecule has 0 radical (unpaired) electrons. The Morgan fingerprint density at radius 3 is 2.52 bits per heavy atom. The van der Waals surface area contributed by atoms with E-state index in [1.807, 2.05) is 11.3 Å². The van der Waals surface area contributed by atoms with E-state index in [0.29, 0.717) is 0 Å². The van der Waals surface area contributed by atoms with E-state index in [1.54, 1.807) is 0 Å². The predicted octanol–water partition coefficient (Wildman–Crippen LogP) is 6.45. The molecule has 2 aromatic heterocycles. The second-order valence-electron chi connectivity index (χ2n) is 5.31. The van der Waals surface area contributed by atoms with Gasteiger partial charge < -0.3 is 4.98 Å². The van der Waals surface area contributed by atoms with Crippen molar-refractivity contribution in [1.29, 1.82) is 0 Å². The summed E-state index contributed by atoms with van der Waals surface area (Å²) in [4.78, 5) is 3.53. The molecule has 2 heterocycles. The molecule has 0 saturated carbocycles. The van der Waals surface area contributed by atoms with Gasteiger partial charge in [-0.25, -0.2) is 0 Å². The molecule has 1 N–H and O–H groups in total. The van der Waals surface area contributed by atoms with Crippen molar-refractivity contribution >= 4 is 69.2 Å². The second-order valence-corrected chi connectivity index (χ2v) is 7.31. The third kappa shape index (κ3) is 1.62. The Morgan fingerprint density at radius 2 is 1.57 bits per heavy atom. The zero-order chi connectivity index (χ0) is 14.0. The number of aromatic nitrogens is 1. The van der Waals surface area contributed by atoms with Gasteiger partial charge in [-0.1, -0.05) is 40.2 Å². The highest BCUT2D eigenvalue weighted by atomic mass is 79.9. The van der Waals surface area contributed by atoms with Gasteiger partial charge in [-0.2, -0.15) is 0 Å². The lowest BCUT2D eigenvalue weighted by atomic mass is 10.1. The van der Waals surface area contributed by atoms with Crippen molar-refractivity contribution in [3.63, 3.8) is 0 Å². The van der Waals surface area contributed by atoms with Crippen LogP contribution in [0.3, 0.4) is 0 Å². The lowest BCUT2D eigenvalue weighted by Gasteiger charge is -1.94. The molecule has 0 unspecified atom stereocenters. The third-order valence-corrected chi connectivity index (χ3v) is 5.68. The largest absolute Gasteiger partial charge is 0.354 e. The molecule has 100 valence electrons. The molecule has 1 nitrogen and oxygen atoms in total. The van der Waals surface area contributed by atoms with Crippen LogP contribution in [0.1, 0.15) is 0 Å². The van der Waals surface area contributed by atoms with Crippen LogP contribution in [0.25, 0.3) is 42.0 Å². The summed E-state index contributed by atoms with van der Waals surface area (Å²) in [5.41, 5.74) is 2.39. The number of rotatable bonds is 0. The first-order chi connectivity index (χ1) is 10.3.